The maximum atomic E-state index is 12.4. The zero-order valence-electron chi connectivity index (χ0n) is 11.0. The van der Waals surface area contributed by atoms with Crippen molar-refractivity contribution < 1.29 is 9.90 Å². The van der Waals surface area contributed by atoms with Gasteiger partial charge in [-0.3, -0.25) is 14.2 Å². The molecule has 0 saturated heterocycles. The summed E-state index contributed by atoms with van der Waals surface area (Å²) in [7, 11) is 0. The Hall–Kier alpha value is -2.17. The van der Waals surface area contributed by atoms with Gasteiger partial charge in [-0.2, -0.15) is 0 Å². The predicted octanol–water partition coefficient (Wildman–Crippen LogP) is 1.88. The van der Waals surface area contributed by atoms with Crippen LogP contribution in [-0.4, -0.2) is 20.6 Å². The molecule has 19 heavy (non-hydrogen) atoms. The monoisotopic (exact) mass is 260 g/mol. The first-order valence-electron chi connectivity index (χ1n) is 6.19. The lowest BCUT2D eigenvalue weighted by atomic mass is 10.1. The summed E-state index contributed by atoms with van der Waals surface area (Å²) < 4.78 is 1.55. The second-order valence-corrected chi connectivity index (χ2v) is 4.58. The number of carboxylic acid groups (broad SMARTS) is 1. The number of fused-ring (bicyclic) bond motifs is 1. The largest absolute Gasteiger partial charge is 0.481 e. The van der Waals surface area contributed by atoms with Gasteiger partial charge in [-0.25, -0.2) is 4.98 Å². The fourth-order valence-electron chi connectivity index (χ4n) is 2.19. The van der Waals surface area contributed by atoms with E-state index in [0.29, 0.717) is 29.7 Å². The van der Waals surface area contributed by atoms with E-state index in [-0.39, 0.29) is 12.0 Å². The third kappa shape index (κ3) is 2.65. The summed E-state index contributed by atoms with van der Waals surface area (Å²) in [6.45, 7) is 4.03. The molecule has 0 radical (unpaired) electrons. The summed E-state index contributed by atoms with van der Waals surface area (Å²) in [4.78, 5) is 27.4. The molecule has 0 bridgehead atoms. The average Bonchev–Trinajstić information content (AvgIpc) is 2.32. The molecule has 0 fully saturated rings. The molecule has 1 N–H and O–H groups in total. The van der Waals surface area contributed by atoms with Crippen LogP contribution in [-0.2, 0) is 11.3 Å². The van der Waals surface area contributed by atoms with Gasteiger partial charge in [0.25, 0.3) is 5.56 Å². The van der Waals surface area contributed by atoms with Crippen molar-refractivity contribution in [2.24, 2.45) is 0 Å². The number of aromatic nitrogens is 2. The second kappa shape index (κ2) is 5.22. The third-order valence-corrected chi connectivity index (χ3v) is 3.16. The van der Waals surface area contributed by atoms with Gasteiger partial charge in [0, 0.05) is 13.0 Å². The van der Waals surface area contributed by atoms with Crippen LogP contribution < -0.4 is 5.56 Å². The number of hydrogen-bond acceptors (Lipinski definition) is 3. The molecule has 0 atom stereocenters. The Kier molecular flexibility index (Phi) is 3.64. The van der Waals surface area contributed by atoms with Crippen molar-refractivity contribution in [1.82, 2.24) is 9.55 Å². The lowest BCUT2D eigenvalue weighted by Crippen LogP contribution is -2.24. The molecule has 0 spiro atoms. The highest BCUT2D eigenvalue weighted by Crippen LogP contribution is 2.13. The molecular weight excluding hydrogens is 244 g/mol. The van der Waals surface area contributed by atoms with Gasteiger partial charge in [0.2, 0.25) is 0 Å². The summed E-state index contributed by atoms with van der Waals surface area (Å²) >= 11 is 0. The Morgan fingerprint density at radius 2 is 2.11 bits per heavy atom. The van der Waals surface area contributed by atoms with Crippen LogP contribution in [0.1, 0.15) is 24.2 Å². The highest BCUT2D eigenvalue weighted by atomic mass is 16.4. The Morgan fingerprint density at radius 1 is 1.37 bits per heavy atom. The standard InChI is InChI=1S/C14H16N2O3/c1-9-5-3-6-11-13(9)14(19)16(10(2)15-11)8-4-7-12(17)18/h3,5-6H,4,7-8H2,1-2H3,(H,17,18). The first kappa shape index (κ1) is 13.3. The fourth-order valence-corrected chi connectivity index (χ4v) is 2.19. The van der Waals surface area contributed by atoms with Crippen molar-refractivity contribution >= 4 is 16.9 Å². The van der Waals surface area contributed by atoms with Gasteiger partial charge in [0.1, 0.15) is 5.82 Å². The molecule has 100 valence electrons. The Balaban J connectivity index is 2.47. The molecule has 5 nitrogen and oxygen atoms in total. The molecule has 5 heteroatoms. The molecule has 2 rings (SSSR count). The molecule has 0 aliphatic rings. The van der Waals surface area contributed by atoms with Gasteiger partial charge in [0.05, 0.1) is 10.9 Å². The number of rotatable bonds is 4. The molecule has 0 amide bonds. The number of carboxylic acids is 1. The van der Waals surface area contributed by atoms with Crippen molar-refractivity contribution in [3.63, 3.8) is 0 Å². The van der Waals surface area contributed by atoms with E-state index in [2.05, 4.69) is 4.98 Å². The summed E-state index contributed by atoms with van der Waals surface area (Å²) in [5.74, 6) is -0.232. The lowest BCUT2D eigenvalue weighted by molar-refractivity contribution is -0.137. The van der Waals surface area contributed by atoms with Gasteiger partial charge in [0.15, 0.2) is 0 Å². The van der Waals surface area contributed by atoms with Gasteiger partial charge >= 0.3 is 5.97 Å². The number of aliphatic carboxylic acids is 1. The summed E-state index contributed by atoms with van der Waals surface area (Å²) in [5, 5.41) is 9.26. The minimum absolute atomic E-state index is 0.0533. The van der Waals surface area contributed by atoms with Crippen LogP contribution in [0.2, 0.25) is 0 Å². The summed E-state index contributed by atoms with van der Waals surface area (Å²) in [6.07, 6.45) is 0.479. The molecule has 0 aliphatic heterocycles. The van der Waals surface area contributed by atoms with Crippen LogP contribution in [0.4, 0.5) is 0 Å². The second-order valence-electron chi connectivity index (χ2n) is 4.58. The van der Waals surface area contributed by atoms with Crippen LogP contribution in [0, 0.1) is 13.8 Å². The van der Waals surface area contributed by atoms with Gasteiger partial charge < -0.3 is 5.11 Å². The number of benzene rings is 1. The van der Waals surface area contributed by atoms with Crippen molar-refractivity contribution in [1.29, 1.82) is 0 Å². The van der Waals surface area contributed by atoms with E-state index < -0.39 is 5.97 Å². The number of nitrogens with zero attached hydrogens (tertiary/aromatic N) is 2. The van der Waals surface area contributed by atoms with Crippen molar-refractivity contribution in [2.45, 2.75) is 33.2 Å². The van der Waals surface area contributed by atoms with Crippen LogP contribution in [0.3, 0.4) is 0 Å². The first-order chi connectivity index (χ1) is 9.00. The normalized spacial score (nSPS) is 10.8. The number of carbonyl (C=O) groups is 1. The maximum absolute atomic E-state index is 12.4. The van der Waals surface area contributed by atoms with Crippen LogP contribution in [0.5, 0.6) is 0 Å². The quantitative estimate of drug-likeness (QED) is 0.911. The van der Waals surface area contributed by atoms with E-state index in [0.717, 1.165) is 5.56 Å². The molecule has 0 aliphatic carbocycles. The van der Waals surface area contributed by atoms with Crippen molar-refractivity contribution in [2.75, 3.05) is 0 Å². The van der Waals surface area contributed by atoms with E-state index in [4.69, 9.17) is 5.11 Å². The Morgan fingerprint density at radius 3 is 2.79 bits per heavy atom. The zero-order chi connectivity index (χ0) is 14.0. The van der Waals surface area contributed by atoms with Crippen molar-refractivity contribution in [3.05, 3.63) is 39.9 Å². The fraction of sp³-hybridized carbons (Fsp3) is 0.357. The van der Waals surface area contributed by atoms with Gasteiger partial charge in [-0.15, -0.1) is 0 Å². The highest BCUT2D eigenvalue weighted by molar-refractivity contribution is 5.81. The topological polar surface area (TPSA) is 72.2 Å². The maximum Gasteiger partial charge on any atom is 0.303 e. The van der Waals surface area contributed by atoms with E-state index in [9.17, 15) is 9.59 Å². The molecule has 2 aromatic rings. The van der Waals surface area contributed by atoms with Crippen molar-refractivity contribution in [3.8, 4) is 0 Å². The van der Waals surface area contributed by atoms with Gasteiger partial charge in [-0.1, -0.05) is 12.1 Å². The van der Waals surface area contributed by atoms with E-state index >= 15 is 0 Å². The van der Waals surface area contributed by atoms with Crippen LogP contribution in [0.15, 0.2) is 23.0 Å². The predicted molar refractivity (Wildman–Crippen MR) is 72.3 cm³/mol. The average molecular weight is 260 g/mol. The summed E-state index contributed by atoms with van der Waals surface area (Å²) in [5.41, 5.74) is 1.49. The highest BCUT2D eigenvalue weighted by Gasteiger charge is 2.10. The molecule has 1 aromatic heterocycles. The smallest absolute Gasteiger partial charge is 0.303 e. The molecule has 0 saturated carbocycles. The summed E-state index contributed by atoms with van der Waals surface area (Å²) in [6, 6.07) is 5.57. The lowest BCUT2D eigenvalue weighted by Gasteiger charge is -2.11. The SMILES string of the molecule is Cc1cccc2nc(C)n(CCCC(=O)O)c(=O)c12. The number of hydrogen-bond donors (Lipinski definition) is 1. The Bertz CT molecular complexity index is 689. The minimum atomic E-state index is -0.851. The molecule has 1 heterocycles. The third-order valence-electron chi connectivity index (χ3n) is 3.16. The molecule has 0 unspecified atom stereocenters. The Labute approximate surface area is 110 Å². The molecular formula is C14H16N2O3. The zero-order valence-corrected chi connectivity index (χ0v) is 11.0. The van der Waals surface area contributed by atoms with Crippen LogP contribution >= 0.6 is 0 Å². The number of aryl methyl sites for hydroxylation is 2. The van der Waals surface area contributed by atoms with Crippen LogP contribution in [0.25, 0.3) is 10.9 Å². The van der Waals surface area contributed by atoms with E-state index in [1.165, 1.54) is 0 Å². The van der Waals surface area contributed by atoms with Gasteiger partial charge in [-0.05, 0) is 31.9 Å². The molecule has 1 aromatic carbocycles. The van der Waals surface area contributed by atoms with E-state index in [1.54, 1.807) is 11.5 Å². The van der Waals surface area contributed by atoms with E-state index in [1.807, 2.05) is 25.1 Å². The first-order valence-corrected chi connectivity index (χ1v) is 6.19. The minimum Gasteiger partial charge on any atom is -0.481 e.